The number of unbranched alkanes of at least 4 members (excludes halogenated alkanes) is 1. The minimum atomic E-state index is -0.390. The lowest BCUT2D eigenvalue weighted by atomic mass is 10.2. The molecule has 37 heavy (non-hydrogen) atoms. The van der Waals surface area contributed by atoms with E-state index < -0.39 is 0 Å². The Hall–Kier alpha value is -2.74. The maximum atomic E-state index is 12.2. The van der Waals surface area contributed by atoms with E-state index in [4.69, 9.17) is 32.7 Å². The summed E-state index contributed by atoms with van der Waals surface area (Å²) in [5.41, 5.74) is 1.75. The van der Waals surface area contributed by atoms with Crippen molar-refractivity contribution in [2.24, 2.45) is 0 Å². The molecule has 0 atom stereocenters. The maximum Gasteiger partial charge on any atom is 0.416 e. The number of carbonyl (C=O) groups is 1. The maximum absolute atomic E-state index is 12.2. The van der Waals surface area contributed by atoms with Crippen LogP contribution < -0.4 is 14.4 Å². The molecule has 1 fully saturated rings. The summed E-state index contributed by atoms with van der Waals surface area (Å²) in [5.74, 6) is 1.05. The smallest absolute Gasteiger partial charge is 0.416 e. The third kappa shape index (κ3) is 7.18. The highest BCUT2D eigenvalue weighted by Crippen LogP contribution is 2.33. The number of hydrogen-bond acceptors (Lipinski definition) is 6. The Kier molecular flexibility index (Phi) is 9.72. The van der Waals surface area contributed by atoms with Crippen molar-refractivity contribution in [2.45, 2.75) is 26.7 Å². The van der Waals surface area contributed by atoms with E-state index in [0.29, 0.717) is 35.6 Å². The first kappa shape index (κ1) is 27.3. The van der Waals surface area contributed by atoms with Crippen molar-refractivity contribution in [1.29, 1.82) is 0 Å². The van der Waals surface area contributed by atoms with E-state index >= 15 is 0 Å². The van der Waals surface area contributed by atoms with Gasteiger partial charge in [-0.3, -0.25) is 4.90 Å². The van der Waals surface area contributed by atoms with Crippen LogP contribution in [-0.4, -0.2) is 73.3 Å². The zero-order chi connectivity index (χ0) is 26.2. The molecular formula is C28H34Cl2N4O3. The molecule has 9 heteroatoms. The number of benzene rings is 2. The van der Waals surface area contributed by atoms with Crippen LogP contribution in [0.3, 0.4) is 0 Å². The Morgan fingerprint density at radius 2 is 1.76 bits per heavy atom. The molecule has 1 saturated heterocycles. The van der Waals surface area contributed by atoms with Gasteiger partial charge in [0.25, 0.3) is 0 Å². The zero-order valence-corrected chi connectivity index (χ0v) is 23.0. The second kappa shape index (κ2) is 13.2. The summed E-state index contributed by atoms with van der Waals surface area (Å²) in [6.07, 6.45) is 1.64. The lowest BCUT2D eigenvalue weighted by Gasteiger charge is -2.36. The highest BCUT2D eigenvalue weighted by atomic mass is 35.5. The highest BCUT2D eigenvalue weighted by Gasteiger charge is 2.19. The van der Waals surface area contributed by atoms with Crippen LogP contribution in [0.4, 0.5) is 10.5 Å². The van der Waals surface area contributed by atoms with E-state index in [0.717, 1.165) is 67.9 Å². The molecule has 0 aliphatic carbocycles. The molecule has 0 spiro atoms. The summed E-state index contributed by atoms with van der Waals surface area (Å²) in [4.78, 5) is 23.1. The molecule has 2 aromatic carbocycles. The van der Waals surface area contributed by atoms with Crippen LogP contribution in [0.2, 0.25) is 10.0 Å². The number of piperazine rings is 1. The average Bonchev–Trinajstić information content (AvgIpc) is 2.91. The van der Waals surface area contributed by atoms with E-state index in [2.05, 4.69) is 14.8 Å². The number of rotatable bonds is 10. The minimum Gasteiger partial charge on any atom is -0.494 e. The number of amides is 1. The number of hydrogen-bond donors (Lipinski definition) is 0. The van der Waals surface area contributed by atoms with Crippen molar-refractivity contribution in [3.63, 3.8) is 0 Å². The van der Waals surface area contributed by atoms with Crippen molar-refractivity contribution in [2.75, 3.05) is 57.3 Å². The lowest BCUT2D eigenvalue weighted by molar-refractivity contribution is 0.155. The summed E-state index contributed by atoms with van der Waals surface area (Å²) in [6.45, 7) is 10.6. The van der Waals surface area contributed by atoms with Crippen molar-refractivity contribution >= 4 is 45.9 Å². The predicted octanol–water partition coefficient (Wildman–Crippen LogP) is 6.36. The molecule has 1 aliphatic rings. The number of fused-ring (bicyclic) bond motifs is 1. The van der Waals surface area contributed by atoms with Gasteiger partial charge in [0, 0.05) is 56.8 Å². The Balaban J connectivity index is 1.20. The molecule has 198 valence electrons. The van der Waals surface area contributed by atoms with Crippen molar-refractivity contribution < 1.29 is 14.3 Å². The molecule has 0 saturated carbocycles. The van der Waals surface area contributed by atoms with Gasteiger partial charge in [-0.05, 0) is 63.6 Å². The van der Waals surface area contributed by atoms with E-state index in [1.807, 2.05) is 56.3 Å². The topological polar surface area (TPSA) is 58.1 Å². The van der Waals surface area contributed by atoms with Gasteiger partial charge >= 0.3 is 6.09 Å². The second-order valence-corrected chi connectivity index (χ2v) is 9.79. The quantitative estimate of drug-likeness (QED) is 0.276. The summed E-state index contributed by atoms with van der Waals surface area (Å²) >= 11 is 12.6. The van der Waals surface area contributed by atoms with Crippen LogP contribution in [0.15, 0.2) is 48.5 Å². The Labute approximate surface area is 228 Å². The summed E-state index contributed by atoms with van der Waals surface area (Å²) < 4.78 is 11.4. The molecule has 7 nitrogen and oxygen atoms in total. The van der Waals surface area contributed by atoms with Crippen LogP contribution in [0.1, 0.15) is 26.7 Å². The Morgan fingerprint density at radius 1 is 1.00 bits per heavy atom. The predicted molar refractivity (Wildman–Crippen MR) is 151 cm³/mol. The first-order chi connectivity index (χ1) is 18.0. The van der Waals surface area contributed by atoms with Gasteiger partial charge in [0.05, 0.1) is 27.9 Å². The molecule has 0 radical (unpaired) electrons. The number of pyridine rings is 1. The Morgan fingerprint density at radius 3 is 2.51 bits per heavy atom. The van der Waals surface area contributed by atoms with Gasteiger partial charge in [0.2, 0.25) is 5.88 Å². The molecule has 1 aromatic heterocycles. The normalized spacial score (nSPS) is 14.1. The van der Waals surface area contributed by atoms with E-state index in [1.54, 1.807) is 11.0 Å². The molecule has 4 rings (SSSR count). The van der Waals surface area contributed by atoms with Crippen LogP contribution >= 0.6 is 23.2 Å². The second-order valence-electron chi connectivity index (χ2n) is 9.00. The number of ether oxygens (including phenoxy) is 2. The molecule has 1 amide bonds. The van der Waals surface area contributed by atoms with Gasteiger partial charge in [0.1, 0.15) is 5.75 Å². The van der Waals surface area contributed by atoms with E-state index in [-0.39, 0.29) is 6.09 Å². The number of halogens is 2. The van der Waals surface area contributed by atoms with Gasteiger partial charge < -0.3 is 19.3 Å². The third-order valence-corrected chi connectivity index (χ3v) is 7.44. The molecule has 0 N–H and O–H groups in total. The van der Waals surface area contributed by atoms with E-state index in [1.165, 1.54) is 0 Å². The largest absolute Gasteiger partial charge is 0.494 e. The molecule has 3 aromatic rings. The number of aromatic nitrogens is 1. The SMILES string of the molecule is CCN(CC)C(=O)Oc1ccc2ccc(OCCCCN3CCN(c4cccc(Cl)c4Cl)CC3)cc2n1. The lowest BCUT2D eigenvalue weighted by Crippen LogP contribution is -2.46. The van der Waals surface area contributed by atoms with E-state index in [9.17, 15) is 4.79 Å². The fraction of sp³-hybridized carbons (Fsp3) is 0.429. The fourth-order valence-electron chi connectivity index (χ4n) is 4.44. The third-order valence-electron chi connectivity index (χ3n) is 6.63. The van der Waals surface area contributed by atoms with Gasteiger partial charge in [-0.1, -0.05) is 29.3 Å². The van der Waals surface area contributed by atoms with Gasteiger partial charge in [-0.15, -0.1) is 0 Å². The van der Waals surface area contributed by atoms with Crippen molar-refractivity contribution in [3.8, 4) is 11.6 Å². The number of carbonyl (C=O) groups excluding carboxylic acids is 1. The first-order valence-corrected chi connectivity index (χ1v) is 13.7. The molecular weight excluding hydrogens is 511 g/mol. The minimum absolute atomic E-state index is 0.291. The number of nitrogens with zero attached hydrogens (tertiary/aromatic N) is 4. The molecule has 0 bridgehead atoms. The van der Waals surface area contributed by atoms with Gasteiger partial charge in [0.15, 0.2) is 0 Å². The van der Waals surface area contributed by atoms with Crippen molar-refractivity contribution in [1.82, 2.24) is 14.8 Å². The van der Waals surface area contributed by atoms with Crippen LogP contribution in [0.25, 0.3) is 10.9 Å². The van der Waals surface area contributed by atoms with Gasteiger partial charge in [-0.2, -0.15) is 0 Å². The van der Waals surface area contributed by atoms with Crippen LogP contribution in [-0.2, 0) is 0 Å². The fourth-order valence-corrected chi connectivity index (χ4v) is 4.85. The Bertz CT molecular complexity index is 1200. The monoisotopic (exact) mass is 544 g/mol. The summed E-state index contributed by atoms with van der Waals surface area (Å²) in [7, 11) is 0. The summed E-state index contributed by atoms with van der Waals surface area (Å²) in [6, 6.07) is 15.2. The standard InChI is InChI=1S/C28H34Cl2N4O3/c1-3-33(4-2)28(35)37-26-13-11-21-10-12-22(20-24(21)31-26)36-19-6-5-14-32-15-17-34(18-16-32)25-9-7-8-23(29)27(25)30/h7-13,20H,3-6,14-19H2,1-2H3. The van der Waals surface area contributed by atoms with Crippen molar-refractivity contribution in [3.05, 3.63) is 58.6 Å². The first-order valence-electron chi connectivity index (χ1n) is 12.9. The molecule has 2 heterocycles. The highest BCUT2D eigenvalue weighted by molar-refractivity contribution is 6.43. The van der Waals surface area contributed by atoms with Crippen LogP contribution in [0.5, 0.6) is 11.6 Å². The summed E-state index contributed by atoms with van der Waals surface area (Å²) in [5, 5.41) is 2.20. The molecule has 1 aliphatic heterocycles. The van der Waals surface area contributed by atoms with Gasteiger partial charge in [-0.25, -0.2) is 9.78 Å². The number of anilines is 1. The van der Waals surface area contributed by atoms with Crippen LogP contribution in [0, 0.1) is 0 Å². The average molecular weight is 546 g/mol. The zero-order valence-electron chi connectivity index (χ0n) is 21.5. The molecule has 0 unspecified atom stereocenters.